The first-order valence-electron chi connectivity index (χ1n) is 16.4. The number of anilines is 1. The predicted octanol–water partition coefficient (Wildman–Crippen LogP) is 4.83. The fourth-order valence-corrected chi connectivity index (χ4v) is 6.90. The van der Waals surface area contributed by atoms with Crippen LogP contribution in [0.15, 0.2) is 23.5 Å². The molecule has 0 spiro atoms. The van der Waals surface area contributed by atoms with Gasteiger partial charge >= 0.3 is 6.09 Å². The van der Waals surface area contributed by atoms with E-state index in [-0.39, 0.29) is 12.1 Å². The largest absolute Gasteiger partial charge is 0.444 e. The van der Waals surface area contributed by atoms with Crippen molar-refractivity contribution in [2.24, 2.45) is 0 Å². The van der Waals surface area contributed by atoms with Crippen LogP contribution in [0, 0.1) is 6.42 Å². The van der Waals surface area contributed by atoms with Gasteiger partial charge in [0.1, 0.15) is 23.6 Å². The van der Waals surface area contributed by atoms with Crippen LogP contribution in [0.25, 0.3) is 11.3 Å². The van der Waals surface area contributed by atoms with Gasteiger partial charge in [0, 0.05) is 51.0 Å². The van der Waals surface area contributed by atoms with Crippen molar-refractivity contribution in [2.75, 3.05) is 37.7 Å². The summed E-state index contributed by atoms with van der Waals surface area (Å²) in [5.41, 5.74) is 6.00. The summed E-state index contributed by atoms with van der Waals surface area (Å²) in [4.78, 5) is 43.0. The van der Waals surface area contributed by atoms with Crippen molar-refractivity contribution in [3.8, 4) is 11.3 Å². The lowest BCUT2D eigenvalue weighted by atomic mass is 10.0. The van der Waals surface area contributed by atoms with Crippen molar-refractivity contribution in [1.29, 1.82) is 0 Å². The Labute approximate surface area is 259 Å². The van der Waals surface area contributed by atoms with Crippen molar-refractivity contribution in [2.45, 2.75) is 103 Å². The zero-order valence-corrected chi connectivity index (χ0v) is 26.3. The van der Waals surface area contributed by atoms with Crippen molar-refractivity contribution in [3.63, 3.8) is 0 Å². The zero-order valence-electron chi connectivity index (χ0n) is 26.3. The highest BCUT2D eigenvalue weighted by Crippen LogP contribution is 2.38. The molecule has 0 bridgehead atoms. The fraction of sp³-hybridized carbons (Fsp3) is 0.636. The number of amides is 2. The van der Waals surface area contributed by atoms with Crippen molar-refractivity contribution in [3.05, 3.63) is 41.3 Å². The minimum absolute atomic E-state index is 0.0396. The van der Waals surface area contributed by atoms with Gasteiger partial charge in [-0.05, 0) is 78.6 Å². The molecule has 11 nitrogen and oxygen atoms in total. The molecule has 2 aromatic rings. The number of carbonyl (C=O) groups excluding carboxylic acids is 2. The Morgan fingerprint density at radius 3 is 2.52 bits per heavy atom. The summed E-state index contributed by atoms with van der Waals surface area (Å²) in [6.07, 6.45) is 14.2. The summed E-state index contributed by atoms with van der Waals surface area (Å²) in [5.74, 6) is 0.866. The maximum atomic E-state index is 13.8. The van der Waals surface area contributed by atoms with Gasteiger partial charge in [-0.1, -0.05) is 11.1 Å². The molecule has 6 heterocycles. The molecule has 11 heteroatoms. The summed E-state index contributed by atoms with van der Waals surface area (Å²) in [6, 6.07) is -0.507. The molecule has 7 rings (SSSR count). The molecule has 4 aliphatic heterocycles. The maximum absolute atomic E-state index is 13.8. The van der Waals surface area contributed by atoms with Crippen LogP contribution < -0.4 is 4.90 Å². The van der Waals surface area contributed by atoms with Crippen LogP contribution in [0.3, 0.4) is 0 Å². The molecule has 1 saturated carbocycles. The van der Waals surface area contributed by atoms with Gasteiger partial charge in [-0.15, -0.1) is 0 Å². The Hall–Kier alpha value is -3.47. The highest BCUT2D eigenvalue weighted by Gasteiger charge is 2.40. The van der Waals surface area contributed by atoms with Crippen LogP contribution in [0.2, 0.25) is 0 Å². The second kappa shape index (κ2) is 11.8. The summed E-state index contributed by atoms with van der Waals surface area (Å²) in [5, 5.41) is 4.68. The number of hydrogen-bond acceptors (Lipinski definition) is 8. The topological polar surface area (TPSA) is 106 Å². The van der Waals surface area contributed by atoms with Gasteiger partial charge < -0.3 is 19.3 Å². The number of piperidine rings is 1. The Kier molecular flexibility index (Phi) is 7.84. The molecule has 0 N–H and O–H groups in total. The molecule has 4 fully saturated rings. The van der Waals surface area contributed by atoms with E-state index in [1.807, 2.05) is 42.7 Å². The van der Waals surface area contributed by atoms with E-state index in [2.05, 4.69) is 16.4 Å². The van der Waals surface area contributed by atoms with E-state index < -0.39 is 17.7 Å². The molecule has 1 radical (unpaired) electrons. The number of rotatable bonds is 4. The first kappa shape index (κ1) is 29.3. The van der Waals surface area contributed by atoms with Gasteiger partial charge in [0.25, 0.3) is 0 Å². The highest BCUT2D eigenvalue weighted by molar-refractivity contribution is 5.86. The quantitative estimate of drug-likeness (QED) is 0.490. The smallest absolute Gasteiger partial charge is 0.410 e. The van der Waals surface area contributed by atoms with E-state index >= 15 is 0 Å². The second-order valence-corrected chi connectivity index (χ2v) is 13.7. The first-order valence-corrected chi connectivity index (χ1v) is 16.4. The lowest BCUT2D eigenvalue weighted by Crippen LogP contribution is -2.50. The molecule has 2 unspecified atom stereocenters. The normalized spacial score (nSPS) is 24.0. The molecule has 44 heavy (non-hydrogen) atoms. The molecule has 3 saturated heterocycles. The van der Waals surface area contributed by atoms with E-state index in [4.69, 9.17) is 19.4 Å². The van der Waals surface area contributed by atoms with E-state index in [9.17, 15) is 9.59 Å². The van der Waals surface area contributed by atoms with Gasteiger partial charge in [0.15, 0.2) is 5.82 Å². The third kappa shape index (κ3) is 6.07. The summed E-state index contributed by atoms with van der Waals surface area (Å²) < 4.78 is 13.5. The minimum atomic E-state index is -0.610. The predicted molar refractivity (Wildman–Crippen MR) is 165 cm³/mol. The van der Waals surface area contributed by atoms with Crippen LogP contribution in [0.5, 0.6) is 0 Å². The first-order chi connectivity index (χ1) is 21.2. The number of ether oxygens (including phenoxy) is 2. The summed E-state index contributed by atoms with van der Waals surface area (Å²) in [6.45, 7) is 9.59. The minimum Gasteiger partial charge on any atom is -0.444 e. The van der Waals surface area contributed by atoms with Crippen LogP contribution in [-0.2, 0) is 27.2 Å². The Bertz CT molecular complexity index is 1440. The molecule has 235 valence electrons. The average molecular weight is 603 g/mol. The van der Waals surface area contributed by atoms with E-state index in [0.29, 0.717) is 32.5 Å². The lowest BCUT2D eigenvalue weighted by Gasteiger charge is -2.35. The van der Waals surface area contributed by atoms with Gasteiger partial charge in [0.2, 0.25) is 5.91 Å². The zero-order chi connectivity index (χ0) is 30.4. The average Bonchev–Trinajstić information content (AvgIpc) is 3.54. The lowest BCUT2D eigenvalue weighted by molar-refractivity contribution is -0.137. The number of fused-ring (bicyclic) bond motifs is 1. The van der Waals surface area contributed by atoms with E-state index in [1.54, 1.807) is 10.5 Å². The molecular formula is C33H44N7O4. The number of allylic oxidation sites excluding steroid dienone is 1. The van der Waals surface area contributed by atoms with Crippen LogP contribution in [0.1, 0.15) is 89.8 Å². The number of carbonyl (C=O) groups is 2. The van der Waals surface area contributed by atoms with E-state index in [1.165, 1.54) is 5.57 Å². The van der Waals surface area contributed by atoms with Gasteiger partial charge in [0.05, 0.1) is 24.1 Å². The van der Waals surface area contributed by atoms with Crippen LogP contribution in [0.4, 0.5) is 10.6 Å². The second-order valence-electron chi connectivity index (χ2n) is 13.7. The molecule has 2 aromatic heterocycles. The number of likely N-dealkylation sites (tertiary alicyclic amines) is 1. The van der Waals surface area contributed by atoms with Gasteiger partial charge in [-0.3, -0.25) is 9.69 Å². The standard InChI is InChI=1S/C33H44N7O4/c1-33(2,3)44-32(42)39-14-6-7-27(39)31(41)38-17-13-25-26(21-38)35-29(24-19-34-40(20-24)28-8-4-5-18-43-28)30(36-25)37-15-11-23(12-16-37)22-9-10-22/h9,19-20,27-28H,4-8,10-18,21H2,1-3H3. The van der Waals surface area contributed by atoms with Crippen LogP contribution >= 0.6 is 0 Å². The Morgan fingerprint density at radius 1 is 0.977 bits per heavy atom. The highest BCUT2D eigenvalue weighted by atomic mass is 16.6. The maximum Gasteiger partial charge on any atom is 0.410 e. The number of hydrogen-bond donors (Lipinski definition) is 0. The summed E-state index contributed by atoms with van der Waals surface area (Å²) >= 11 is 0. The molecule has 2 amide bonds. The number of nitrogens with zero attached hydrogens (tertiary/aromatic N) is 7. The molecule has 5 aliphatic rings. The van der Waals surface area contributed by atoms with Crippen molar-refractivity contribution < 1.29 is 19.1 Å². The molecule has 2 atom stereocenters. The number of aromatic nitrogens is 4. The molecule has 0 aromatic carbocycles. The van der Waals surface area contributed by atoms with Crippen molar-refractivity contribution >= 4 is 17.8 Å². The molecule has 1 aliphatic carbocycles. The van der Waals surface area contributed by atoms with Gasteiger partial charge in [-0.2, -0.15) is 5.10 Å². The van der Waals surface area contributed by atoms with Gasteiger partial charge in [-0.25, -0.2) is 19.4 Å². The molecular weight excluding hydrogens is 558 g/mol. The monoisotopic (exact) mass is 602 g/mol. The Balaban J connectivity index is 1.15. The van der Waals surface area contributed by atoms with E-state index in [0.717, 1.165) is 93.1 Å². The summed E-state index contributed by atoms with van der Waals surface area (Å²) in [7, 11) is 0. The fourth-order valence-electron chi connectivity index (χ4n) is 6.90. The third-order valence-electron chi connectivity index (χ3n) is 9.32. The van der Waals surface area contributed by atoms with Crippen molar-refractivity contribution in [1.82, 2.24) is 29.5 Å². The Morgan fingerprint density at radius 2 is 1.80 bits per heavy atom. The third-order valence-corrected chi connectivity index (χ3v) is 9.32. The van der Waals surface area contributed by atoms with Crippen LogP contribution in [-0.4, -0.2) is 86.0 Å². The SMILES string of the molecule is CC(C)(C)OC(=O)N1CCCC1C(=O)N1CCc2nc(N3CCC(=C4[CH]C4)CC3)c(-c3cnn(C4CCCCO4)c3)nc2C1.